The Labute approximate surface area is 120 Å². The van der Waals surface area contributed by atoms with Gasteiger partial charge in [-0.05, 0) is 55.3 Å². The van der Waals surface area contributed by atoms with E-state index in [0.29, 0.717) is 11.0 Å². The fourth-order valence-corrected chi connectivity index (χ4v) is 2.37. The van der Waals surface area contributed by atoms with Gasteiger partial charge in [0.1, 0.15) is 0 Å². The molecule has 0 radical (unpaired) electrons. The molecule has 3 aromatic rings. The number of nitrogens with zero attached hydrogens (tertiary/aromatic N) is 1. The van der Waals surface area contributed by atoms with Crippen LogP contribution in [-0.2, 0) is 0 Å². The maximum atomic E-state index is 12.2. The molecular formula is C16H14N2O3. The zero-order chi connectivity index (χ0) is 15.1. The Hall–Kier alpha value is -2.82. The van der Waals surface area contributed by atoms with Crippen LogP contribution >= 0.6 is 0 Å². The van der Waals surface area contributed by atoms with Crippen molar-refractivity contribution in [2.24, 2.45) is 0 Å². The Morgan fingerprint density at radius 3 is 2.52 bits per heavy atom. The summed E-state index contributed by atoms with van der Waals surface area (Å²) in [6, 6.07) is 10.4. The van der Waals surface area contributed by atoms with Crippen molar-refractivity contribution in [3.8, 4) is 5.69 Å². The molecular weight excluding hydrogens is 268 g/mol. The van der Waals surface area contributed by atoms with Crippen molar-refractivity contribution < 1.29 is 9.90 Å². The molecule has 2 aromatic carbocycles. The number of carboxylic acid groups (broad SMARTS) is 1. The minimum absolute atomic E-state index is 0.149. The van der Waals surface area contributed by atoms with Crippen molar-refractivity contribution in [3.05, 3.63) is 63.6 Å². The minimum atomic E-state index is -1.02. The first-order valence-corrected chi connectivity index (χ1v) is 6.53. The molecule has 0 spiro atoms. The summed E-state index contributed by atoms with van der Waals surface area (Å²) in [7, 11) is 0. The first-order valence-electron chi connectivity index (χ1n) is 6.53. The van der Waals surface area contributed by atoms with E-state index in [4.69, 9.17) is 5.11 Å². The van der Waals surface area contributed by atoms with Gasteiger partial charge in [0.15, 0.2) is 0 Å². The van der Waals surface area contributed by atoms with Gasteiger partial charge in [0, 0.05) is 0 Å². The van der Waals surface area contributed by atoms with Crippen LogP contribution in [-0.4, -0.2) is 20.6 Å². The maximum Gasteiger partial charge on any atom is 0.335 e. The molecule has 0 saturated heterocycles. The van der Waals surface area contributed by atoms with Gasteiger partial charge < -0.3 is 10.1 Å². The van der Waals surface area contributed by atoms with Crippen LogP contribution in [0.2, 0.25) is 0 Å². The van der Waals surface area contributed by atoms with Crippen LogP contribution in [0.4, 0.5) is 0 Å². The van der Waals surface area contributed by atoms with Gasteiger partial charge >= 0.3 is 11.7 Å². The van der Waals surface area contributed by atoms with E-state index in [0.717, 1.165) is 16.8 Å². The lowest BCUT2D eigenvalue weighted by molar-refractivity contribution is 0.0697. The molecule has 0 unspecified atom stereocenters. The number of H-pyrrole nitrogens is 1. The SMILES string of the molecule is Cc1ccc(-n2c(=O)[nH]c3cc(C(=O)O)ccc32)cc1C. The van der Waals surface area contributed by atoms with Crippen LogP contribution in [0.15, 0.2) is 41.2 Å². The molecule has 1 aromatic heterocycles. The highest BCUT2D eigenvalue weighted by Gasteiger charge is 2.11. The quantitative estimate of drug-likeness (QED) is 0.758. The summed E-state index contributed by atoms with van der Waals surface area (Å²) in [5.74, 6) is -1.02. The van der Waals surface area contributed by atoms with E-state index >= 15 is 0 Å². The van der Waals surface area contributed by atoms with E-state index < -0.39 is 5.97 Å². The third-order valence-corrected chi connectivity index (χ3v) is 3.68. The van der Waals surface area contributed by atoms with E-state index in [1.165, 1.54) is 12.1 Å². The lowest BCUT2D eigenvalue weighted by atomic mass is 10.1. The Morgan fingerprint density at radius 2 is 1.86 bits per heavy atom. The van der Waals surface area contributed by atoms with E-state index in [1.807, 2.05) is 32.0 Å². The Morgan fingerprint density at radius 1 is 1.10 bits per heavy atom. The van der Waals surface area contributed by atoms with Crippen LogP contribution in [0, 0.1) is 13.8 Å². The van der Waals surface area contributed by atoms with Gasteiger partial charge in [-0.3, -0.25) is 4.57 Å². The average Bonchev–Trinajstić information content (AvgIpc) is 2.76. The van der Waals surface area contributed by atoms with E-state index in [1.54, 1.807) is 10.6 Å². The number of nitrogens with one attached hydrogen (secondary N) is 1. The zero-order valence-electron chi connectivity index (χ0n) is 11.7. The van der Waals surface area contributed by atoms with Gasteiger partial charge in [0.05, 0.1) is 22.3 Å². The highest BCUT2D eigenvalue weighted by Crippen LogP contribution is 2.19. The third kappa shape index (κ3) is 2.12. The fourth-order valence-electron chi connectivity index (χ4n) is 2.37. The third-order valence-electron chi connectivity index (χ3n) is 3.68. The first kappa shape index (κ1) is 13.2. The van der Waals surface area contributed by atoms with Gasteiger partial charge in [0.25, 0.3) is 0 Å². The second kappa shape index (κ2) is 4.63. The van der Waals surface area contributed by atoms with Crippen LogP contribution < -0.4 is 5.69 Å². The minimum Gasteiger partial charge on any atom is -0.478 e. The molecule has 0 fully saturated rings. The first-order chi connectivity index (χ1) is 9.97. The summed E-state index contributed by atoms with van der Waals surface area (Å²) in [4.78, 5) is 25.9. The van der Waals surface area contributed by atoms with Gasteiger partial charge in [0.2, 0.25) is 0 Å². The number of benzene rings is 2. The molecule has 3 rings (SSSR count). The van der Waals surface area contributed by atoms with Gasteiger partial charge in [-0.15, -0.1) is 0 Å². The zero-order valence-corrected chi connectivity index (χ0v) is 11.7. The van der Waals surface area contributed by atoms with Crippen molar-refractivity contribution in [2.75, 3.05) is 0 Å². The Balaban J connectivity index is 2.27. The topological polar surface area (TPSA) is 75.1 Å². The van der Waals surface area contributed by atoms with Crippen molar-refractivity contribution in [3.63, 3.8) is 0 Å². The lowest BCUT2D eigenvalue weighted by Crippen LogP contribution is -2.14. The molecule has 0 aliphatic heterocycles. The highest BCUT2D eigenvalue weighted by atomic mass is 16.4. The Bertz CT molecular complexity index is 919. The lowest BCUT2D eigenvalue weighted by Gasteiger charge is -2.06. The van der Waals surface area contributed by atoms with Crippen LogP contribution in [0.25, 0.3) is 16.7 Å². The van der Waals surface area contributed by atoms with Gasteiger partial charge in [-0.25, -0.2) is 9.59 Å². The molecule has 21 heavy (non-hydrogen) atoms. The van der Waals surface area contributed by atoms with Crippen molar-refractivity contribution in [1.29, 1.82) is 0 Å². The monoisotopic (exact) mass is 282 g/mol. The number of aromatic amines is 1. The molecule has 0 bridgehead atoms. The van der Waals surface area contributed by atoms with Crippen LogP contribution in [0.1, 0.15) is 21.5 Å². The number of aromatic carboxylic acids is 1. The van der Waals surface area contributed by atoms with Crippen LogP contribution in [0.5, 0.6) is 0 Å². The number of imidazole rings is 1. The summed E-state index contributed by atoms with van der Waals surface area (Å²) >= 11 is 0. The maximum absolute atomic E-state index is 12.2. The summed E-state index contributed by atoms with van der Waals surface area (Å²) < 4.78 is 1.55. The van der Waals surface area contributed by atoms with Crippen molar-refractivity contribution >= 4 is 17.0 Å². The number of aromatic nitrogens is 2. The number of hydrogen-bond acceptors (Lipinski definition) is 2. The summed E-state index contributed by atoms with van der Waals surface area (Å²) in [6.45, 7) is 4.00. The molecule has 1 heterocycles. The average molecular weight is 282 g/mol. The predicted octanol–water partition coefficient (Wildman–Crippen LogP) is 2.63. The Kier molecular flexibility index (Phi) is 2.90. The molecule has 5 heteroatoms. The molecule has 106 valence electrons. The van der Waals surface area contributed by atoms with Crippen molar-refractivity contribution in [2.45, 2.75) is 13.8 Å². The normalized spacial score (nSPS) is 11.0. The molecule has 0 saturated carbocycles. The summed E-state index contributed by atoms with van der Waals surface area (Å²) in [6.07, 6.45) is 0. The second-order valence-electron chi connectivity index (χ2n) is 5.07. The number of carbonyl (C=O) groups is 1. The van der Waals surface area contributed by atoms with E-state index in [-0.39, 0.29) is 11.3 Å². The number of hydrogen-bond donors (Lipinski definition) is 2. The molecule has 2 N–H and O–H groups in total. The largest absolute Gasteiger partial charge is 0.478 e. The van der Waals surface area contributed by atoms with Gasteiger partial charge in [-0.1, -0.05) is 6.07 Å². The molecule has 5 nitrogen and oxygen atoms in total. The van der Waals surface area contributed by atoms with Crippen molar-refractivity contribution in [1.82, 2.24) is 9.55 Å². The van der Waals surface area contributed by atoms with E-state index in [2.05, 4.69) is 4.98 Å². The molecule has 0 atom stereocenters. The molecule has 0 aliphatic rings. The standard InChI is InChI=1S/C16H14N2O3/c1-9-3-5-12(7-10(9)2)18-14-6-4-11(15(19)20)8-13(14)17-16(18)21/h3-8H,1-2H3,(H,17,21)(H,19,20). The highest BCUT2D eigenvalue weighted by molar-refractivity contribution is 5.92. The van der Waals surface area contributed by atoms with Gasteiger partial charge in [-0.2, -0.15) is 0 Å². The van der Waals surface area contributed by atoms with Crippen LogP contribution in [0.3, 0.4) is 0 Å². The fraction of sp³-hybridized carbons (Fsp3) is 0.125. The molecule has 0 aliphatic carbocycles. The smallest absolute Gasteiger partial charge is 0.335 e. The predicted molar refractivity (Wildman–Crippen MR) is 80.3 cm³/mol. The summed E-state index contributed by atoms with van der Waals surface area (Å²) in [5.41, 5.74) is 4.05. The van der Waals surface area contributed by atoms with E-state index in [9.17, 15) is 9.59 Å². The number of rotatable bonds is 2. The second-order valence-corrected chi connectivity index (χ2v) is 5.07. The number of aryl methyl sites for hydroxylation is 2. The number of carboxylic acids is 1. The number of fused-ring (bicyclic) bond motifs is 1. The molecule has 0 amide bonds. The summed E-state index contributed by atoms with van der Waals surface area (Å²) in [5, 5.41) is 9.01.